The summed E-state index contributed by atoms with van der Waals surface area (Å²) in [5, 5.41) is 0.204. The minimum atomic E-state index is -4.57. The Balaban J connectivity index is 1.41. The summed E-state index contributed by atoms with van der Waals surface area (Å²) in [6, 6.07) is 8.99. The summed E-state index contributed by atoms with van der Waals surface area (Å²) in [5.41, 5.74) is 7.35. The van der Waals surface area contributed by atoms with Crippen LogP contribution >= 0.6 is 11.8 Å². The summed E-state index contributed by atoms with van der Waals surface area (Å²) in [4.78, 5) is 15.8. The molecule has 38 heavy (non-hydrogen) atoms. The van der Waals surface area contributed by atoms with Crippen LogP contribution in [0.3, 0.4) is 0 Å². The number of piperidine rings is 1. The number of benzene rings is 1. The highest BCUT2D eigenvalue weighted by atomic mass is 32.2. The third kappa shape index (κ3) is 4.59. The van der Waals surface area contributed by atoms with Crippen molar-refractivity contribution in [2.24, 2.45) is 11.8 Å². The number of imidazole rings is 1. The van der Waals surface area contributed by atoms with Gasteiger partial charge in [0.05, 0.1) is 28.0 Å². The molecule has 0 amide bonds. The second-order valence-corrected chi connectivity index (χ2v) is 12.6. The number of alkyl halides is 3. The Bertz CT molecular complexity index is 1390. The predicted molar refractivity (Wildman–Crippen MR) is 144 cm³/mol. The predicted octanol–water partition coefficient (Wildman–Crippen LogP) is 5.13. The minimum Gasteiger partial charge on any atom is -0.299 e. The lowest BCUT2D eigenvalue weighted by Crippen LogP contribution is -2.53. The van der Waals surface area contributed by atoms with Crippen LogP contribution in [-0.4, -0.2) is 38.2 Å². The first-order chi connectivity index (χ1) is 18.1. The van der Waals surface area contributed by atoms with Gasteiger partial charge in [-0.1, -0.05) is 26.0 Å². The fourth-order valence-corrected chi connectivity index (χ4v) is 7.93. The van der Waals surface area contributed by atoms with E-state index in [1.54, 1.807) is 12.3 Å². The monoisotopic (exact) mass is 545 g/mol. The first-order valence-electron chi connectivity index (χ1n) is 13.4. The zero-order chi connectivity index (χ0) is 26.7. The Morgan fingerprint density at radius 3 is 2.63 bits per heavy atom. The summed E-state index contributed by atoms with van der Waals surface area (Å²) < 4.78 is 45.2. The zero-order valence-electron chi connectivity index (χ0n) is 21.7. The van der Waals surface area contributed by atoms with Gasteiger partial charge in [0.25, 0.3) is 0 Å². The van der Waals surface area contributed by atoms with Gasteiger partial charge in [0, 0.05) is 30.9 Å². The molecule has 3 aromatic rings. The highest BCUT2D eigenvalue weighted by Gasteiger charge is 2.50. The fourth-order valence-electron chi connectivity index (χ4n) is 6.78. The van der Waals surface area contributed by atoms with Crippen molar-refractivity contribution in [2.45, 2.75) is 63.0 Å². The van der Waals surface area contributed by atoms with Crippen LogP contribution in [0.5, 0.6) is 0 Å². The molecule has 1 unspecified atom stereocenters. The third-order valence-electron chi connectivity index (χ3n) is 8.46. The maximum atomic E-state index is 14.2. The van der Waals surface area contributed by atoms with E-state index in [-0.39, 0.29) is 16.3 Å². The molecule has 2 atom stereocenters. The normalized spacial score (nSPS) is 28.6. The zero-order valence-corrected chi connectivity index (χ0v) is 22.5. The Labute approximate surface area is 224 Å². The molecule has 0 bridgehead atoms. The first kappa shape index (κ1) is 26.0. The number of hydrogen-bond acceptors (Lipinski definition) is 5. The lowest BCUT2D eigenvalue weighted by Gasteiger charge is -2.50. The van der Waals surface area contributed by atoms with Crippen LogP contribution in [0.25, 0.3) is 11.2 Å². The molecule has 6 rings (SSSR count). The highest BCUT2D eigenvalue weighted by Crippen LogP contribution is 2.53. The number of nitrogens with one attached hydrogen (secondary N) is 2. The number of thioether (sulfide) groups is 1. The van der Waals surface area contributed by atoms with E-state index in [0.29, 0.717) is 29.6 Å². The Hall–Kier alpha value is -2.27. The molecule has 6 nitrogen and oxygen atoms in total. The molecule has 3 aliphatic rings. The average molecular weight is 546 g/mol. The number of hydrogen-bond donors (Lipinski definition) is 2. The summed E-state index contributed by atoms with van der Waals surface area (Å²) in [5.74, 6) is 1.93. The largest absolute Gasteiger partial charge is 0.418 e. The number of pyridine rings is 1. The third-order valence-corrected chi connectivity index (χ3v) is 9.67. The maximum absolute atomic E-state index is 14.2. The van der Waals surface area contributed by atoms with E-state index >= 15 is 0 Å². The molecular weight excluding hydrogens is 511 g/mol. The molecule has 204 valence electrons. The summed E-state index contributed by atoms with van der Waals surface area (Å²) >= 11 is 1.83. The van der Waals surface area contributed by atoms with Crippen molar-refractivity contribution in [1.82, 2.24) is 24.7 Å². The van der Waals surface area contributed by atoms with E-state index < -0.39 is 17.4 Å². The van der Waals surface area contributed by atoms with E-state index in [2.05, 4.69) is 35.7 Å². The number of rotatable bonds is 5. The molecule has 3 fully saturated rings. The summed E-state index contributed by atoms with van der Waals surface area (Å²) in [6.07, 6.45) is 2.58. The standard InChI is InChI=1S/C28H34F3N5OS/c1-18-5-4-8-34(13-18)14-20-9-23(28(29,30)31)24-16-35(26(37)36(24)15-20)22-7-3-6-21(10-22)27(11-19(2)12-27)25-33-32-17-38-25/h3,6-7,9-10,15-16,18-19,25,32-33H,4-5,8,11-14,17H2,1-2H3/t18-,19?,25?,27?/m0/s1. The lowest BCUT2D eigenvalue weighted by atomic mass is 9.59. The van der Waals surface area contributed by atoms with Crippen LogP contribution in [0.15, 0.2) is 47.5 Å². The molecule has 4 heterocycles. The van der Waals surface area contributed by atoms with Gasteiger partial charge in [-0.05, 0) is 73.4 Å². The Morgan fingerprint density at radius 1 is 1.13 bits per heavy atom. The Morgan fingerprint density at radius 2 is 1.95 bits per heavy atom. The molecule has 10 heteroatoms. The van der Waals surface area contributed by atoms with Gasteiger partial charge in [-0.2, -0.15) is 13.2 Å². The van der Waals surface area contributed by atoms with E-state index in [1.165, 1.54) is 21.2 Å². The van der Waals surface area contributed by atoms with Crippen molar-refractivity contribution in [3.05, 3.63) is 69.9 Å². The van der Waals surface area contributed by atoms with Crippen molar-refractivity contribution >= 4 is 17.3 Å². The fraction of sp³-hybridized carbons (Fsp3) is 0.536. The van der Waals surface area contributed by atoms with Gasteiger partial charge in [0.1, 0.15) is 0 Å². The number of nitrogens with zero attached hydrogens (tertiary/aromatic N) is 3. The molecule has 1 saturated carbocycles. The number of aromatic nitrogens is 2. The van der Waals surface area contributed by atoms with E-state index in [9.17, 15) is 18.0 Å². The SMILES string of the molecule is CC1CC(c2cccc(-n3cc4c(C(F)(F)F)cc(CN5CCC[C@H](C)C5)cn4c3=O)c2)(C2NNCS2)C1. The second kappa shape index (κ2) is 9.73. The number of fused-ring (bicyclic) bond motifs is 1. The van der Waals surface area contributed by atoms with E-state index in [0.717, 1.165) is 50.2 Å². The topological polar surface area (TPSA) is 53.7 Å². The van der Waals surface area contributed by atoms with Crippen LogP contribution < -0.4 is 16.5 Å². The van der Waals surface area contributed by atoms with Crippen LogP contribution in [-0.2, 0) is 18.1 Å². The average Bonchev–Trinajstić information content (AvgIpc) is 3.50. The number of hydrazine groups is 1. The van der Waals surface area contributed by atoms with Crippen molar-refractivity contribution < 1.29 is 13.2 Å². The van der Waals surface area contributed by atoms with Crippen LogP contribution in [0.2, 0.25) is 0 Å². The Kier molecular flexibility index (Phi) is 6.65. The van der Waals surface area contributed by atoms with Crippen molar-refractivity contribution in [3.63, 3.8) is 0 Å². The summed E-state index contributed by atoms with van der Waals surface area (Å²) in [7, 11) is 0. The molecular formula is C28H34F3N5OS. The van der Waals surface area contributed by atoms with Crippen molar-refractivity contribution in [3.8, 4) is 5.69 Å². The first-order valence-corrected chi connectivity index (χ1v) is 14.5. The van der Waals surface area contributed by atoms with Gasteiger partial charge >= 0.3 is 11.9 Å². The number of likely N-dealkylation sites (tertiary alicyclic amines) is 1. The minimum absolute atomic E-state index is 0.0811. The van der Waals surface area contributed by atoms with Gasteiger partial charge in [-0.15, -0.1) is 11.8 Å². The lowest BCUT2D eigenvalue weighted by molar-refractivity contribution is -0.136. The molecule has 0 spiro atoms. The van der Waals surface area contributed by atoms with Gasteiger partial charge in [0.2, 0.25) is 0 Å². The van der Waals surface area contributed by atoms with Gasteiger partial charge in [-0.3, -0.25) is 13.9 Å². The number of halogens is 3. The van der Waals surface area contributed by atoms with Crippen LogP contribution in [0.1, 0.15) is 56.2 Å². The molecule has 2 saturated heterocycles. The molecule has 2 N–H and O–H groups in total. The van der Waals surface area contributed by atoms with Crippen LogP contribution in [0, 0.1) is 11.8 Å². The second-order valence-electron chi connectivity index (χ2n) is 11.5. The van der Waals surface area contributed by atoms with E-state index in [4.69, 9.17) is 0 Å². The van der Waals surface area contributed by atoms with Gasteiger partial charge in [0.15, 0.2) is 0 Å². The quantitative estimate of drug-likeness (QED) is 0.466. The molecule has 0 radical (unpaired) electrons. The smallest absolute Gasteiger partial charge is 0.299 e. The maximum Gasteiger partial charge on any atom is 0.418 e. The molecule has 2 aromatic heterocycles. The van der Waals surface area contributed by atoms with Crippen molar-refractivity contribution in [1.29, 1.82) is 0 Å². The molecule has 1 aromatic carbocycles. The van der Waals surface area contributed by atoms with Crippen LogP contribution in [0.4, 0.5) is 13.2 Å². The molecule has 1 aliphatic carbocycles. The summed E-state index contributed by atoms with van der Waals surface area (Å²) in [6.45, 7) is 6.52. The van der Waals surface area contributed by atoms with E-state index in [1.807, 2.05) is 23.9 Å². The van der Waals surface area contributed by atoms with Gasteiger partial charge in [-0.25, -0.2) is 15.6 Å². The van der Waals surface area contributed by atoms with Crippen molar-refractivity contribution in [2.75, 3.05) is 19.0 Å². The molecule has 2 aliphatic heterocycles. The van der Waals surface area contributed by atoms with Gasteiger partial charge < -0.3 is 0 Å². The highest BCUT2D eigenvalue weighted by molar-refractivity contribution is 8.00.